The van der Waals surface area contributed by atoms with Crippen LogP contribution in [0.1, 0.15) is 33.1 Å². The fraction of sp³-hybridized carbons (Fsp3) is 0.875. The molecule has 64 valence electrons. The van der Waals surface area contributed by atoms with E-state index in [1.54, 1.807) is 0 Å². The van der Waals surface area contributed by atoms with E-state index in [0.717, 1.165) is 19.3 Å². The summed E-state index contributed by atoms with van der Waals surface area (Å²) in [4.78, 5) is 10.3. The van der Waals surface area contributed by atoms with Gasteiger partial charge in [0.1, 0.15) is 6.10 Å². The molecule has 0 aromatic heterocycles. The third-order valence-corrected chi connectivity index (χ3v) is 2.67. The quantitative estimate of drug-likeness (QED) is 0.486. The van der Waals surface area contributed by atoms with Crippen molar-refractivity contribution in [1.82, 2.24) is 0 Å². The smallest absolute Gasteiger partial charge is 0.331 e. The Morgan fingerprint density at radius 2 is 2.27 bits per heavy atom. The first kappa shape index (κ1) is 8.85. The largest absolute Gasteiger partial charge is 0.458 e. The molecule has 3 heteroatoms. The second-order valence-corrected chi connectivity index (χ2v) is 3.59. The van der Waals surface area contributed by atoms with Gasteiger partial charge in [-0.25, -0.2) is 4.79 Å². The number of carbonyl (C=O) groups excluding carboxylic acids is 1. The maximum Gasteiger partial charge on any atom is 0.331 e. The van der Waals surface area contributed by atoms with Crippen LogP contribution >= 0.6 is 11.6 Å². The Hall–Kier alpha value is -0.240. The van der Waals surface area contributed by atoms with Crippen molar-refractivity contribution in [2.75, 3.05) is 0 Å². The summed E-state index contributed by atoms with van der Waals surface area (Å²) in [6.45, 7) is 3.99. The summed E-state index contributed by atoms with van der Waals surface area (Å²) in [6.07, 6.45) is 2.41. The second-order valence-electron chi connectivity index (χ2n) is 2.91. The predicted molar refractivity (Wildman–Crippen MR) is 43.7 cm³/mol. The van der Waals surface area contributed by atoms with Crippen LogP contribution < -0.4 is 0 Å². The zero-order valence-corrected chi connectivity index (χ0v) is 7.65. The summed E-state index contributed by atoms with van der Waals surface area (Å²) in [7, 11) is 0. The van der Waals surface area contributed by atoms with Crippen molar-refractivity contribution in [2.24, 2.45) is 0 Å². The summed E-state index contributed by atoms with van der Waals surface area (Å²) in [5.74, 6) is -0.243. The molecular weight excluding hydrogens is 164 g/mol. The van der Waals surface area contributed by atoms with Gasteiger partial charge in [-0.05, 0) is 12.8 Å². The summed E-state index contributed by atoms with van der Waals surface area (Å²) in [5.41, 5.74) is 0. The number of alkyl halides is 1. The van der Waals surface area contributed by atoms with E-state index in [1.807, 2.05) is 13.8 Å². The molecule has 1 fully saturated rings. The number of hydrogen-bond acceptors (Lipinski definition) is 2. The lowest BCUT2D eigenvalue weighted by Crippen LogP contribution is -2.58. The minimum atomic E-state index is -0.691. The van der Waals surface area contributed by atoms with Crippen molar-refractivity contribution >= 4 is 17.6 Å². The first-order chi connectivity index (χ1) is 5.15. The molecule has 0 N–H and O–H groups in total. The van der Waals surface area contributed by atoms with Gasteiger partial charge in [-0.1, -0.05) is 20.3 Å². The minimum Gasteiger partial charge on any atom is -0.458 e. The molecule has 0 aromatic rings. The van der Waals surface area contributed by atoms with E-state index in [0.29, 0.717) is 0 Å². The van der Waals surface area contributed by atoms with Crippen molar-refractivity contribution in [3.05, 3.63) is 0 Å². The van der Waals surface area contributed by atoms with Gasteiger partial charge in [0.2, 0.25) is 0 Å². The van der Waals surface area contributed by atoms with Crippen LogP contribution in [0, 0.1) is 0 Å². The number of hydrogen-bond donors (Lipinski definition) is 0. The molecule has 0 aromatic carbocycles. The monoisotopic (exact) mass is 176 g/mol. The molecule has 1 rings (SSSR count). The number of halogens is 1. The van der Waals surface area contributed by atoms with Crippen molar-refractivity contribution in [2.45, 2.75) is 44.1 Å². The molecule has 0 radical (unpaired) electrons. The third-order valence-electron chi connectivity index (χ3n) is 2.08. The van der Waals surface area contributed by atoms with E-state index in [2.05, 4.69) is 0 Å². The van der Waals surface area contributed by atoms with Crippen LogP contribution in [0.2, 0.25) is 0 Å². The van der Waals surface area contributed by atoms with Crippen molar-refractivity contribution in [3.63, 3.8) is 0 Å². The van der Waals surface area contributed by atoms with Gasteiger partial charge in [-0.3, -0.25) is 0 Å². The molecular formula is C8H13ClO2. The first-order valence-corrected chi connectivity index (χ1v) is 4.43. The first-order valence-electron chi connectivity index (χ1n) is 4.05. The van der Waals surface area contributed by atoms with E-state index < -0.39 is 4.87 Å². The number of cyclic esters (lactones) is 1. The third kappa shape index (κ3) is 1.24. The molecule has 1 saturated heterocycles. The Kier molecular flexibility index (Phi) is 2.43. The van der Waals surface area contributed by atoms with Crippen molar-refractivity contribution in [3.8, 4) is 0 Å². The summed E-state index contributed by atoms with van der Waals surface area (Å²) >= 11 is 6.05. The maximum atomic E-state index is 11.0. The Morgan fingerprint density at radius 1 is 1.64 bits per heavy atom. The van der Waals surface area contributed by atoms with Gasteiger partial charge in [0, 0.05) is 0 Å². The Balaban J connectivity index is 2.58. The number of carbonyl (C=O) groups is 1. The molecule has 2 nitrogen and oxygen atoms in total. The van der Waals surface area contributed by atoms with Crippen LogP contribution in [-0.4, -0.2) is 16.9 Å². The molecule has 0 spiro atoms. The SMILES string of the molecule is CCCC1(Cl)C(=O)OC1CC. The van der Waals surface area contributed by atoms with Crippen LogP contribution in [0.15, 0.2) is 0 Å². The fourth-order valence-corrected chi connectivity index (χ4v) is 1.86. The highest BCUT2D eigenvalue weighted by Gasteiger charge is 2.55. The second kappa shape index (κ2) is 3.02. The van der Waals surface area contributed by atoms with Crippen LogP contribution in [0.4, 0.5) is 0 Å². The Bertz CT molecular complexity index is 169. The zero-order chi connectivity index (χ0) is 8.48. The highest BCUT2D eigenvalue weighted by atomic mass is 35.5. The number of rotatable bonds is 3. The molecule has 0 saturated carbocycles. The molecule has 0 amide bonds. The van der Waals surface area contributed by atoms with E-state index in [9.17, 15) is 4.79 Å². The normalized spacial score (nSPS) is 36.3. The van der Waals surface area contributed by atoms with Crippen LogP contribution in [0.25, 0.3) is 0 Å². The van der Waals surface area contributed by atoms with Crippen LogP contribution in [0.3, 0.4) is 0 Å². The Morgan fingerprint density at radius 3 is 2.64 bits per heavy atom. The average molecular weight is 177 g/mol. The predicted octanol–water partition coefficient (Wildman–Crippen LogP) is 2.10. The molecule has 2 atom stereocenters. The molecule has 1 aliphatic rings. The van der Waals surface area contributed by atoms with Crippen LogP contribution in [-0.2, 0) is 9.53 Å². The highest BCUT2D eigenvalue weighted by molar-refractivity contribution is 6.36. The molecule has 1 aliphatic heterocycles. The highest BCUT2D eigenvalue weighted by Crippen LogP contribution is 2.39. The van der Waals surface area contributed by atoms with Crippen molar-refractivity contribution in [1.29, 1.82) is 0 Å². The van der Waals surface area contributed by atoms with E-state index in [4.69, 9.17) is 16.3 Å². The van der Waals surface area contributed by atoms with Gasteiger partial charge in [0.25, 0.3) is 0 Å². The van der Waals surface area contributed by atoms with E-state index in [1.165, 1.54) is 0 Å². The van der Waals surface area contributed by atoms with E-state index in [-0.39, 0.29) is 12.1 Å². The maximum absolute atomic E-state index is 11.0. The van der Waals surface area contributed by atoms with Crippen LogP contribution in [0.5, 0.6) is 0 Å². The molecule has 2 unspecified atom stereocenters. The average Bonchev–Trinajstić information content (AvgIpc) is 2.00. The molecule has 0 bridgehead atoms. The minimum absolute atomic E-state index is 0.0587. The summed E-state index contributed by atoms with van der Waals surface area (Å²) in [6, 6.07) is 0. The summed E-state index contributed by atoms with van der Waals surface area (Å²) < 4.78 is 4.89. The van der Waals surface area contributed by atoms with Gasteiger partial charge in [-0.2, -0.15) is 0 Å². The Labute approximate surface area is 71.9 Å². The standard InChI is InChI=1S/C8H13ClO2/c1-3-5-8(9)6(4-2)11-7(8)10/h6H,3-5H2,1-2H3. The molecule has 0 aliphatic carbocycles. The van der Waals surface area contributed by atoms with E-state index >= 15 is 0 Å². The van der Waals surface area contributed by atoms with Gasteiger partial charge < -0.3 is 4.74 Å². The number of ether oxygens (including phenoxy) is 1. The fourth-order valence-electron chi connectivity index (χ4n) is 1.43. The lowest BCUT2D eigenvalue weighted by atomic mass is 9.89. The van der Waals surface area contributed by atoms with Gasteiger partial charge in [0.15, 0.2) is 4.87 Å². The summed E-state index contributed by atoms with van der Waals surface area (Å²) in [5, 5.41) is 0. The molecule has 1 heterocycles. The van der Waals surface area contributed by atoms with Gasteiger partial charge in [-0.15, -0.1) is 11.6 Å². The van der Waals surface area contributed by atoms with Gasteiger partial charge in [0.05, 0.1) is 0 Å². The zero-order valence-electron chi connectivity index (χ0n) is 6.89. The lowest BCUT2D eigenvalue weighted by Gasteiger charge is -2.41. The molecule has 11 heavy (non-hydrogen) atoms. The number of esters is 1. The van der Waals surface area contributed by atoms with Gasteiger partial charge >= 0.3 is 5.97 Å². The lowest BCUT2D eigenvalue weighted by molar-refractivity contribution is -0.180. The van der Waals surface area contributed by atoms with Crippen molar-refractivity contribution < 1.29 is 9.53 Å². The topological polar surface area (TPSA) is 26.3 Å².